The second-order valence-corrected chi connectivity index (χ2v) is 8.44. The molecule has 0 aliphatic rings. The topological polar surface area (TPSA) is 84.5 Å². The molecule has 2 aromatic rings. The van der Waals surface area contributed by atoms with Crippen LogP contribution in [0.15, 0.2) is 41.3 Å². The van der Waals surface area contributed by atoms with Crippen LogP contribution in [-0.4, -0.2) is 27.5 Å². The van der Waals surface area contributed by atoms with E-state index in [0.717, 1.165) is 11.1 Å². The van der Waals surface area contributed by atoms with Gasteiger partial charge in [0.25, 0.3) is 15.9 Å². The summed E-state index contributed by atoms with van der Waals surface area (Å²) in [4.78, 5) is 12.5. The SMILES string of the molecule is CCc1cccc(CC)c1NS(=O)(=O)c1ccc(OC)c(C(=O)NC(C)C)c1. The maximum absolute atomic E-state index is 13.1. The summed E-state index contributed by atoms with van der Waals surface area (Å²) >= 11 is 0. The van der Waals surface area contributed by atoms with Crippen molar-refractivity contribution in [1.29, 1.82) is 0 Å². The molecule has 0 spiro atoms. The lowest BCUT2D eigenvalue weighted by atomic mass is 10.0. The first-order chi connectivity index (χ1) is 13.2. The van der Waals surface area contributed by atoms with Crippen molar-refractivity contribution < 1.29 is 17.9 Å². The van der Waals surface area contributed by atoms with Gasteiger partial charge in [0.05, 0.1) is 23.3 Å². The highest BCUT2D eigenvalue weighted by Gasteiger charge is 2.22. The molecule has 2 N–H and O–H groups in total. The molecule has 0 radical (unpaired) electrons. The largest absolute Gasteiger partial charge is 0.496 e. The number of hydrogen-bond donors (Lipinski definition) is 2. The van der Waals surface area contributed by atoms with E-state index >= 15 is 0 Å². The van der Waals surface area contributed by atoms with Gasteiger partial charge >= 0.3 is 0 Å². The molecule has 0 aromatic heterocycles. The van der Waals surface area contributed by atoms with Crippen molar-refractivity contribution in [3.63, 3.8) is 0 Å². The van der Waals surface area contributed by atoms with Crippen molar-refractivity contribution >= 4 is 21.6 Å². The molecule has 2 rings (SSSR count). The predicted molar refractivity (Wildman–Crippen MR) is 112 cm³/mol. The summed E-state index contributed by atoms with van der Waals surface area (Å²) in [6.07, 6.45) is 1.41. The van der Waals surface area contributed by atoms with Crippen LogP contribution in [0.25, 0.3) is 0 Å². The summed E-state index contributed by atoms with van der Waals surface area (Å²) in [5, 5.41) is 2.76. The number of amides is 1. The molecule has 0 aliphatic heterocycles. The number of hydrogen-bond acceptors (Lipinski definition) is 4. The minimum absolute atomic E-state index is 0.00941. The maximum atomic E-state index is 13.1. The zero-order chi connectivity index (χ0) is 20.9. The third-order valence-electron chi connectivity index (χ3n) is 4.38. The number of methoxy groups -OCH3 is 1. The molecule has 152 valence electrons. The third kappa shape index (κ3) is 4.84. The average molecular weight is 405 g/mol. The van der Waals surface area contributed by atoms with E-state index in [1.54, 1.807) is 0 Å². The quantitative estimate of drug-likeness (QED) is 0.702. The molecule has 28 heavy (non-hydrogen) atoms. The highest BCUT2D eigenvalue weighted by Crippen LogP contribution is 2.28. The Bertz CT molecular complexity index is 931. The molecular formula is C21H28N2O4S. The van der Waals surface area contributed by atoms with Gasteiger partial charge in [0.2, 0.25) is 0 Å². The number of sulfonamides is 1. The van der Waals surface area contributed by atoms with Crippen LogP contribution in [0.3, 0.4) is 0 Å². The molecule has 1 amide bonds. The fourth-order valence-electron chi connectivity index (χ4n) is 2.94. The van der Waals surface area contributed by atoms with Crippen LogP contribution in [0.5, 0.6) is 5.75 Å². The second-order valence-electron chi connectivity index (χ2n) is 6.75. The van der Waals surface area contributed by atoms with E-state index in [1.807, 2.05) is 45.9 Å². The highest BCUT2D eigenvalue weighted by atomic mass is 32.2. The van der Waals surface area contributed by atoms with E-state index in [1.165, 1.54) is 25.3 Å². The monoisotopic (exact) mass is 404 g/mol. The highest BCUT2D eigenvalue weighted by molar-refractivity contribution is 7.92. The number of carbonyl (C=O) groups is 1. The molecular weight excluding hydrogens is 376 g/mol. The Balaban J connectivity index is 2.48. The van der Waals surface area contributed by atoms with Gasteiger partial charge in [-0.25, -0.2) is 8.42 Å². The van der Waals surface area contributed by atoms with Gasteiger partial charge in [-0.15, -0.1) is 0 Å². The van der Waals surface area contributed by atoms with Crippen LogP contribution < -0.4 is 14.8 Å². The van der Waals surface area contributed by atoms with Crippen LogP contribution >= 0.6 is 0 Å². The summed E-state index contributed by atoms with van der Waals surface area (Å²) in [6.45, 7) is 7.63. The van der Waals surface area contributed by atoms with Crippen LogP contribution in [-0.2, 0) is 22.9 Å². The second kappa shape index (κ2) is 9.10. The fourth-order valence-corrected chi connectivity index (χ4v) is 4.11. The van der Waals surface area contributed by atoms with E-state index in [4.69, 9.17) is 4.74 Å². The van der Waals surface area contributed by atoms with Gasteiger partial charge in [0.15, 0.2) is 0 Å². The summed E-state index contributed by atoms with van der Waals surface area (Å²) in [5.41, 5.74) is 2.64. The van der Waals surface area contributed by atoms with Gasteiger partial charge in [-0.2, -0.15) is 0 Å². The number of aryl methyl sites for hydroxylation is 2. The number of benzene rings is 2. The van der Waals surface area contributed by atoms with E-state index in [2.05, 4.69) is 10.0 Å². The zero-order valence-corrected chi connectivity index (χ0v) is 17.8. The van der Waals surface area contributed by atoms with Crippen LogP contribution in [0, 0.1) is 0 Å². The van der Waals surface area contributed by atoms with Crippen LogP contribution in [0.2, 0.25) is 0 Å². The van der Waals surface area contributed by atoms with E-state index in [0.29, 0.717) is 24.3 Å². The Labute approximate surface area is 167 Å². The molecule has 0 saturated heterocycles. The third-order valence-corrected chi connectivity index (χ3v) is 5.73. The molecule has 7 heteroatoms. The Morgan fingerprint density at radius 2 is 1.68 bits per heavy atom. The van der Waals surface area contributed by atoms with Gasteiger partial charge in [-0.05, 0) is 56.0 Å². The molecule has 6 nitrogen and oxygen atoms in total. The van der Waals surface area contributed by atoms with Crippen molar-refractivity contribution in [2.24, 2.45) is 0 Å². The summed E-state index contributed by atoms with van der Waals surface area (Å²) in [6, 6.07) is 9.94. The Hall–Kier alpha value is -2.54. The predicted octanol–water partition coefficient (Wildman–Crippen LogP) is 3.76. The Morgan fingerprint density at radius 1 is 1.07 bits per heavy atom. The van der Waals surface area contributed by atoms with Crippen molar-refractivity contribution in [2.75, 3.05) is 11.8 Å². The Kier molecular flexibility index (Phi) is 7.07. The lowest BCUT2D eigenvalue weighted by Crippen LogP contribution is -2.30. The first-order valence-electron chi connectivity index (χ1n) is 9.35. The number of rotatable bonds is 8. The maximum Gasteiger partial charge on any atom is 0.261 e. The molecule has 0 unspecified atom stereocenters. The van der Waals surface area contributed by atoms with Gasteiger partial charge in [-0.1, -0.05) is 32.0 Å². The van der Waals surface area contributed by atoms with Gasteiger partial charge < -0.3 is 10.1 Å². The molecule has 0 fully saturated rings. The smallest absolute Gasteiger partial charge is 0.261 e. The first kappa shape index (κ1) is 21.8. The summed E-state index contributed by atoms with van der Waals surface area (Å²) in [7, 11) is -2.43. The standard InChI is InChI=1S/C21H28N2O4S/c1-6-15-9-8-10-16(7-2)20(15)23-28(25,26)17-11-12-19(27-5)18(13-17)21(24)22-14(3)4/h8-14,23H,6-7H2,1-5H3,(H,22,24). The van der Waals surface area contributed by atoms with Crippen molar-refractivity contribution in [2.45, 2.75) is 51.5 Å². The number of nitrogens with one attached hydrogen (secondary N) is 2. The van der Waals surface area contributed by atoms with E-state index < -0.39 is 10.0 Å². The normalized spacial score (nSPS) is 11.4. The zero-order valence-electron chi connectivity index (χ0n) is 17.0. The lowest BCUT2D eigenvalue weighted by molar-refractivity contribution is 0.0940. The van der Waals surface area contributed by atoms with Crippen molar-refractivity contribution in [1.82, 2.24) is 5.32 Å². The van der Waals surface area contributed by atoms with Gasteiger partial charge in [0, 0.05) is 6.04 Å². The van der Waals surface area contributed by atoms with Gasteiger partial charge in [0.1, 0.15) is 5.75 Å². The lowest BCUT2D eigenvalue weighted by Gasteiger charge is -2.17. The van der Waals surface area contributed by atoms with Crippen LogP contribution in [0.4, 0.5) is 5.69 Å². The number of para-hydroxylation sites is 1. The molecule has 0 saturated carbocycles. The number of carbonyl (C=O) groups excluding carboxylic acids is 1. The molecule has 0 atom stereocenters. The summed E-state index contributed by atoms with van der Waals surface area (Å²) < 4.78 is 34.1. The number of anilines is 1. The van der Waals surface area contributed by atoms with Crippen molar-refractivity contribution in [3.05, 3.63) is 53.1 Å². The Morgan fingerprint density at radius 3 is 2.18 bits per heavy atom. The molecule has 2 aromatic carbocycles. The number of ether oxygens (including phenoxy) is 1. The van der Waals surface area contributed by atoms with Crippen LogP contribution in [0.1, 0.15) is 49.2 Å². The fraction of sp³-hybridized carbons (Fsp3) is 0.381. The average Bonchev–Trinajstić information content (AvgIpc) is 2.66. The minimum atomic E-state index is -3.87. The minimum Gasteiger partial charge on any atom is -0.496 e. The van der Waals surface area contributed by atoms with Crippen molar-refractivity contribution in [3.8, 4) is 5.75 Å². The van der Waals surface area contributed by atoms with Gasteiger partial charge in [-0.3, -0.25) is 9.52 Å². The van der Waals surface area contributed by atoms with E-state index in [9.17, 15) is 13.2 Å². The summed E-state index contributed by atoms with van der Waals surface area (Å²) in [5.74, 6) is -0.0626. The molecule has 0 bridgehead atoms. The molecule has 0 heterocycles. The van der Waals surface area contributed by atoms with E-state index in [-0.39, 0.29) is 22.4 Å². The molecule has 0 aliphatic carbocycles. The first-order valence-corrected chi connectivity index (χ1v) is 10.8.